The van der Waals surface area contributed by atoms with E-state index in [2.05, 4.69) is 21.6 Å². The van der Waals surface area contributed by atoms with Crippen LogP contribution in [0, 0.1) is 0 Å². The maximum atomic E-state index is 14.0. The fourth-order valence-electron chi connectivity index (χ4n) is 3.56. The maximum absolute atomic E-state index is 14.0. The molecule has 1 atom stereocenters. The van der Waals surface area contributed by atoms with Crippen LogP contribution in [0.4, 0.5) is 11.4 Å². The van der Waals surface area contributed by atoms with Gasteiger partial charge in [0.25, 0.3) is 11.8 Å². The predicted octanol–water partition coefficient (Wildman–Crippen LogP) is 3.70. The summed E-state index contributed by atoms with van der Waals surface area (Å²) < 4.78 is 9.73. The van der Waals surface area contributed by atoms with E-state index in [4.69, 9.17) is 16.2 Å². The highest BCUT2D eigenvalue weighted by molar-refractivity contribution is 7.09. The minimum absolute atomic E-state index is 0.000290. The van der Waals surface area contributed by atoms with E-state index >= 15 is 0 Å². The van der Waals surface area contributed by atoms with Crippen LogP contribution in [0.2, 0.25) is 0 Å². The van der Waals surface area contributed by atoms with E-state index in [0.717, 1.165) is 24.4 Å². The second kappa shape index (κ2) is 11.8. The Bertz CT molecular complexity index is 1240. The molecule has 0 bridgehead atoms. The third kappa shape index (κ3) is 6.82. The Labute approximate surface area is 220 Å². The molecular formula is C26H32N6O4S. The normalized spacial score (nSPS) is 12.0. The zero-order chi connectivity index (χ0) is 27.2. The average molecular weight is 525 g/mol. The number of primary amides is 1. The number of nitrogens with two attached hydrogens (primary N) is 2. The summed E-state index contributed by atoms with van der Waals surface area (Å²) in [4.78, 5) is 44.8. The first-order valence-electron chi connectivity index (χ1n) is 11.9. The van der Waals surface area contributed by atoms with Crippen molar-refractivity contribution in [1.82, 2.24) is 14.7 Å². The fourth-order valence-corrected chi connectivity index (χ4v) is 4.30. The lowest BCUT2D eigenvalue weighted by Crippen LogP contribution is -2.49. The average Bonchev–Trinajstić information content (AvgIpc) is 3.24. The Balaban J connectivity index is 2.14. The third-order valence-electron chi connectivity index (χ3n) is 5.28. The molecule has 0 aliphatic rings. The molecule has 0 aliphatic carbocycles. The van der Waals surface area contributed by atoms with Crippen molar-refractivity contribution in [2.45, 2.75) is 52.1 Å². The lowest BCUT2D eigenvalue weighted by atomic mass is 10.0. The van der Waals surface area contributed by atoms with E-state index in [-0.39, 0.29) is 16.3 Å². The molecule has 0 fully saturated rings. The third-order valence-corrected chi connectivity index (χ3v) is 6.13. The molecule has 0 aliphatic heterocycles. The van der Waals surface area contributed by atoms with Gasteiger partial charge >= 0.3 is 0 Å². The van der Waals surface area contributed by atoms with Crippen molar-refractivity contribution in [3.8, 4) is 5.75 Å². The second-order valence-electron chi connectivity index (χ2n) is 9.43. The predicted molar refractivity (Wildman–Crippen MR) is 144 cm³/mol. The number of amides is 3. The van der Waals surface area contributed by atoms with Gasteiger partial charge in [-0.15, -0.1) is 0 Å². The van der Waals surface area contributed by atoms with Crippen molar-refractivity contribution in [3.63, 3.8) is 0 Å². The van der Waals surface area contributed by atoms with Crippen molar-refractivity contribution in [2.75, 3.05) is 17.2 Å². The summed E-state index contributed by atoms with van der Waals surface area (Å²) >= 11 is 0.754. The van der Waals surface area contributed by atoms with Crippen molar-refractivity contribution in [1.29, 1.82) is 0 Å². The van der Waals surface area contributed by atoms with Crippen LogP contribution >= 0.6 is 11.5 Å². The molecule has 10 nitrogen and oxygen atoms in total. The number of benzene rings is 1. The summed E-state index contributed by atoms with van der Waals surface area (Å²) in [6.07, 6.45) is 5.01. The van der Waals surface area contributed by atoms with Gasteiger partial charge in [-0.05, 0) is 80.7 Å². The number of rotatable bonds is 10. The topological polar surface area (TPSA) is 154 Å². The summed E-state index contributed by atoms with van der Waals surface area (Å²) in [5, 5.41) is 2.96. The van der Waals surface area contributed by atoms with Gasteiger partial charge in [0.1, 0.15) is 16.7 Å². The highest BCUT2D eigenvalue weighted by atomic mass is 32.1. The summed E-state index contributed by atoms with van der Waals surface area (Å²) in [7, 11) is 0. The van der Waals surface area contributed by atoms with Crippen LogP contribution < -0.4 is 26.4 Å². The summed E-state index contributed by atoms with van der Waals surface area (Å²) in [6.45, 7) is 8.20. The first kappa shape index (κ1) is 27.6. The number of pyridine rings is 1. The largest absolute Gasteiger partial charge is 0.494 e. The molecule has 0 radical (unpaired) electrons. The van der Waals surface area contributed by atoms with Gasteiger partial charge in [-0.25, -0.2) is 0 Å². The van der Waals surface area contributed by atoms with Gasteiger partial charge in [0.15, 0.2) is 5.69 Å². The van der Waals surface area contributed by atoms with Crippen molar-refractivity contribution in [3.05, 3.63) is 64.9 Å². The number of aromatic nitrogens is 2. The van der Waals surface area contributed by atoms with Gasteiger partial charge in [-0.2, -0.15) is 4.37 Å². The van der Waals surface area contributed by atoms with Crippen LogP contribution in [0.15, 0.2) is 48.8 Å². The molecule has 3 aromatic rings. The fraction of sp³-hybridized carbons (Fsp3) is 0.346. The molecule has 1 unspecified atom stereocenters. The van der Waals surface area contributed by atoms with Gasteiger partial charge in [0.05, 0.1) is 12.3 Å². The van der Waals surface area contributed by atoms with E-state index in [1.54, 1.807) is 48.8 Å². The molecule has 0 saturated heterocycles. The molecule has 11 heteroatoms. The molecule has 0 saturated carbocycles. The second-order valence-corrected chi connectivity index (χ2v) is 10.2. The first-order chi connectivity index (χ1) is 17.5. The Kier molecular flexibility index (Phi) is 8.82. The SMILES string of the molecule is CCCCOc1ccc(N(C(=O)c2snc(C(N)=O)c2N)C(C(=O)NC(C)(C)C)c2ccncc2)cc1. The van der Waals surface area contributed by atoms with E-state index in [1.807, 2.05) is 20.8 Å². The number of nitrogen functional groups attached to an aromatic ring is 1. The molecule has 2 heterocycles. The smallest absolute Gasteiger partial charge is 0.273 e. The minimum atomic E-state index is -1.08. The first-order valence-corrected chi connectivity index (χ1v) is 12.6. The zero-order valence-electron chi connectivity index (χ0n) is 21.4. The lowest BCUT2D eigenvalue weighted by Gasteiger charge is -2.33. The molecule has 3 amide bonds. The number of hydrogen-bond donors (Lipinski definition) is 3. The minimum Gasteiger partial charge on any atom is -0.494 e. The lowest BCUT2D eigenvalue weighted by molar-refractivity contribution is -0.123. The number of carbonyl (C=O) groups excluding carboxylic acids is 3. The number of nitrogens with zero attached hydrogens (tertiary/aromatic N) is 3. The van der Waals surface area contributed by atoms with Crippen LogP contribution in [0.5, 0.6) is 5.75 Å². The van der Waals surface area contributed by atoms with Crippen LogP contribution in [-0.2, 0) is 4.79 Å². The molecule has 2 aromatic heterocycles. The number of nitrogens with one attached hydrogen (secondary N) is 1. The number of anilines is 2. The molecule has 196 valence electrons. The number of hydrogen-bond acceptors (Lipinski definition) is 8. The van der Waals surface area contributed by atoms with Crippen LogP contribution in [0.3, 0.4) is 0 Å². The Morgan fingerprint density at radius 3 is 2.30 bits per heavy atom. The highest BCUT2D eigenvalue weighted by Crippen LogP contribution is 2.34. The number of carbonyl (C=O) groups is 3. The Morgan fingerprint density at radius 2 is 1.76 bits per heavy atom. The standard InChI is InChI=1S/C26H32N6O4S/c1-5-6-15-36-18-9-7-17(8-10-18)32(25(35)22-19(27)20(23(28)33)31-37-22)21(16-11-13-29-14-12-16)24(34)30-26(2,3)4/h7-14,21H,5-6,15,27H2,1-4H3,(H2,28,33)(H,30,34). The number of unbranched alkanes of at least 4 members (excludes halogenated alkanes) is 1. The Morgan fingerprint density at radius 1 is 1.11 bits per heavy atom. The molecule has 0 spiro atoms. The summed E-state index contributed by atoms with van der Waals surface area (Å²) in [5.74, 6) is -1.22. The maximum Gasteiger partial charge on any atom is 0.273 e. The monoisotopic (exact) mass is 524 g/mol. The van der Waals surface area contributed by atoms with Crippen LogP contribution in [-0.4, -0.2) is 39.2 Å². The van der Waals surface area contributed by atoms with E-state index in [0.29, 0.717) is 23.6 Å². The van der Waals surface area contributed by atoms with E-state index in [9.17, 15) is 14.4 Å². The Hall–Kier alpha value is -3.99. The molecule has 37 heavy (non-hydrogen) atoms. The van der Waals surface area contributed by atoms with Gasteiger partial charge in [-0.1, -0.05) is 13.3 Å². The van der Waals surface area contributed by atoms with Crippen molar-refractivity contribution < 1.29 is 19.1 Å². The zero-order valence-corrected chi connectivity index (χ0v) is 22.2. The van der Waals surface area contributed by atoms with Gasteiger partial charge in [-0.3, -0.25) is 24.3 Å². The molecule has 3 rings (SSSR count). The van der Waals surface area contributed by atoms with Crippen molar-refractivity contribution in [2.24, 2.45) is 5.73 Å². The van der Waals surface area contributed by atoms with Gasteiger partial charge in [0.2, 0.25) is 5.91 Å². The molecule has 5 N–H and O–H groups in total. The summed E-state index contributed by atoms with van der Waals surface area (Å²) in [5.41, 5.74) is 11.5. The molecular weight excluding hydrogens is 492 g/mol. The highest BCUT2D eigenvalue weighted by Gasteiger charge is 2.37. The summed E-state index contributed by atoms with van der Waals surface area (Å²) in [6, 6.07) is 9.12. The van der Waals surface area contributed by atoms with Crippen LogP contribution in [0.1, 0.15) is 72.3 Å². The van der Waals surface area contributed by atoms with E-state index < -0.39 is 29.3 Å². The molecule has 1 aromatic carbocycles. The van der Waals surface area contributed by atoms with E-state index in [1.165, 1.54) is 4.90 Å². The quantitative estimate of drug-likeness (QED) is 0.342. The van der Waals surface area contributed by atoms with Gasteiger partial charge in [0, 0.05) is 23.6 Å². The van der Waals surface area contributed by atoms with Crippen molar-refractivity contribution >= 4 is 40.6 Å². The van der Waals surface area contributed by atoms with Crippen LogP contribution in [0.25, 0.3) is 0 Å². The van der Waals surface area contributed by atoms with Gasteiger partial charge < -0.3 is 21.5 Å². The number of ether oxygens (including phenoxy) is 1.